The second kappa shape index (κ2) is 7.51. The summed E-state index contributed by atoms with van der Waals surface area (Å²) in [6.07, 6.45) is -3.45. The Hall–Kier alpha value is -2.31. The summed E-state index contributed by atoms with van der Waals surface area (Å²) >= 11 is 0. The first-order valence-corrected chi connectivity index (χ1v) is 7.78. The summed E-state index contributed by atoms with van der Waals surface area (Å²) in [7, 11) is 0. The number of para-hydroxylation sites is 1. The molecule has 1 aromatic carbocycles. The molecular formula is C17H21F3N4. The molecule has 24 heavy (non-hydrogen) atoms. The molecule has 0 saturated carbocycles. The minimum Gasteiger partial charge on any atom is -0.370 e. The van der Waals surface area contributed by atoms with Crippen LogP contribution in [-0.4, -0.2) is 16.5 Å². The molecule has 2 rings (SSSR count). The summed E-state index contributed by atoms with van der Waals surface area (Å²) in [5.74, 6) is 1.95. The number of rotatable bonds is 6. The van der Waals surface area contributed by atoms with Gasteiger partial charge in [-0.25, -0.2) is 9.97 Å². The molecule has 0 aliphatic rings. The van der Waals surface area contributed by atoms with Crippen LogP contribution in [0, 0.1) is 12.8 Å². The average molecular weight is 338 g/mol. The number of aromatic nitrogens is 2. The maximum absolute atomic E-state index is 13.1. The number of aryl methyl sites for hydroxylation is 1. The summed E-state index contributed by atoms with van der Waals surface area (Å²) in [5, 5.41) is 5.92. The summed E-state index contributed by atoms with van der Waals surface area (Å²) in [6, 6.07) is 6.94. The molecule has 7 heteroatoms. The van der Waals surface area contributed by atoms with E-state index in [2.05, 4.69) is 34.4 Å². The predicted octanol–water partition coefficient (Wildman–Crippen LogP) is 5.01. The van der Waals surface area contributed by atoms with Crippen LogP contribution in [0.3, 0.4) is 0 Å². The molecule has 0 amide bonds. The van der Waals surface area contributed by atoms with E-state index in [1.54, 1.807) is 19.1 Å². The van der Waals surface area contributed by atoms with Gasteiger partial charge in [-0.3, -0.25) is 0 Å². The van der Waals surface area contributed by atoms with E-state index in [1.807, 2.05) is 0 Å². The maximum Gasteiger partial charge on any atom is 0.418 e. The van der Waals surface area contributed by atoms with Gasteiger partial charge in [-0.2, -0.15) is 13.2 Å². The van der Waals surface area contributed by atoms with Crippen LogP contribution in [0.15, 0.2) is 30.3 Å². The Labute approximate surface area is 139 Å². The highest BCUT2D eigenvalue weighted by atomic mass is 19.4. The zero-order valence-electron chi connectivity index (χ0n) is 13.9. The third-order valence-electron chi connectivity index (χ3n) is 3.36. The van der Waals surface area contributed by atoms with Crippen LogP contribution in [-0.2, 0) is 6.18 Å². The van der Waals surface area contributed by atoms with Crippen molar-refractivity contribution in [3.63, 3.8) is 0 Å². The van der Waals surface area contributed by atoms with Crippen LogP contribution in [0.2, 0.25) is 0 Å². The van der Waals surface area contributed by atoms with Gasteiger partial charge in [0.05, 0.1) is 11.3 Å². The fourth-order valence-corrected chi connectivity index (χ4v) is 2.19. The van der Waals surface area contributed by atoms with Gasteiger partial charge in [-0.05, 0) is 31.4 Å². The lowest BCUT2D eigenvalue weighted by molar-refractivity contribution is -0.136. The van der Waals surface area contributed by atoms with Crippen molar-refractivity contribution in [1.29, 1.82) is 0 Å². The van der Waals surface area contributed by atoms with Crippen molar-refractivity contribution < 1.29 is 13.2 Å². The van der Waals surface area contributed by atoms with Crippen LogP contribution in [0.25, 0.3) is 0 Å². The smallest absolute Gasteiger partial charge is 0.370 e. The van der Waals surface area contributed by atoms with E-state index in [1.165, 1.54) is 12.1 Å². The minimum atomic E-state index is -4.43. The Bertz CT molecular complexity index is 684. The first-order valence-electron chi connectivity index (χ1n) is 7.78. The van der Waals surface area contributed by atoms with Crippen molar-refractivity contribution in [2.75, 3.05) is 17.2 Å². The molecule has 4 nitrogen and oxygen atoms in total. The second-order valence-electron chi connectivity index (χ2n) is 5.96. The number of hydrogen-bond donors (Lipinski definition) is 2. The van der Waals surface area contributed by atoms with Crippen LogP contribution in [0.5, 0.6) is 0 Å². The molecule has 130 valence electrons. The van der Waals surface area contributed by atoms with E-state index in [0.717, 1.165) is 19.0 Å². The van der Waals surface area contributed by atoms with Gasteiger partial charge >= 0.3 is 6.18 Å². The minimum absolute atomic E-state index is 0.0313. The Kier molecular flexibility index (Phi) is 5.64. The van der Waals surface area contributed by atoms with Crippen molar-refractivity contribution in [1.82, 2.24) is 9.97 Å². The van der Waals surface area contributed by atoms with Gasteiger partial charge in [0.25, 0.3) is 0 Å². The van der Waals surface area contributed by atoms with Gasteiger partial charge in [-0.1, -0.05) is 26.0 Å². The molecule has 0 atom stereocenters. The molecule has 0 bridgehead atoms. The van der Waals surface area contributed by atoms with Crippen molar-refractivity contribution in [2.45, 2.75) is 33.4 Å². The summed E-state index contributed by atoms with van der Waals surface area (Å²) in [5.41, 5.74) is -0.758. The van der Waals surface area contributed by atoms with Crippen LogP contribution in [0.4, 0.5) is 30.5 Å². The van der Waals surface area contributed by atoms with Gasteiger partial charge < -0.3 is 10.6 Å². The fourth-order valence-electron chi connectivity index (χ4n) is 2.19. The normalized spacial score (nSPS) is 11.6. The van der Waals surface area contributed by atoms with Crippen molar-refractivity contribution in [3.05, 3.63) is 41.7 Å². The number of nitrogens with zero attached hydrogens (tertiary/aromatic N) is 2. The Balaban J connectivity index is 2.20. The SMILES string of the molecule is Cc1nc(NCCC(C)C)cc(Nc2ccccc2C(F)(F)F)n1. The molecule has 2 N–H and O–H groups in total. The molecule has 0 aliphatic heterocycles. The number of alkyl halides is 3. The summed E-state index contributed by atoms with van der Waals surface area (Å²) in [4.78, 5) is 8.42. The molecule has 0 aliphatic carbocycles. The lowest BCUT2D eigenvalue weighted by Crippen LogP contribution is -2.10. The monoisotopic (exact) mass is 338 g/mol. The fraction of sp³-hybridized carbons (Fsp3) is 0.412. The van der Waals surface area contributed by atoms with Crippen molar-refractivity contribution >= 4 is 17.3 Å². The highest BCUT2D eigenvalue weighted by Crippen LogP contribution is 2.35. The highest BCUT2D eigenvalue weighted by molar-refractivity contribution is 5.63. The lowest BCUT2D eigenvalue weighted by Gasteiger charge is -2.15. The van der Waals surface area contributed by atoms with E-state index in [0.29, 0.717) is 23.4 Å². The number of hydrogen-bond acceptors (Lipinski definition) is 4. The van der Waals surface area contributed by atoms with Gasteiger partial charge in [0.2, 0.25) is 0 Å². The summed E-state index contributed by atoms with van der Waals surface area (Å²) in [6.45, 7) is 6.68. The first-order chi connectivity index (χ1) is 11.3. The number of anilines is 3. The van der Waals surface area contributed by atoms with Gasteiger partial charge in [0.1, 0.15) is 17.5 Å². The third kappa shape index (κ3) is 5.11. The molecule has 2 aromatic rings. The van der Waals surface area contributed by atoms with Crippen LogP contribution < -0.4 is 10.6 Å². The molecule has 0 fully saturated rings. The maximum atomic E-state index is 13.1. The molecule has 1 heterocycles. The number of nitrogens with one attached hydrogen (secondary N) is 2. The zero-order valence-corrected chi connectivity index (χ0v) is 13.9. The topological polar surface area (TPSA) is 49.8 Å². The van der Waals surface area contributed by atoms with E-state index < -0.39 is 11.7 Å². The predicted molar refractivity (Wildman–Crippen MR) is 89.4 cm³/mol. The molecule has 1 aromatic heterocycles. The first kappa shape index (κ1) is 18.0. The summed E-state index contributed by atoms with van der Waals surface area (Å²) < 4.78 is 39.2. The average Bonchev–Trinajstić information content (AvgIpc) is 2.45. The van der Waals surface area contributed by atoms with E-state index in [-0.39, 0.29) is 5.69 Å². The largest absolute Gasteiger partial charge is 0.418 e. The Morgan fingerprint density at radius 1 is 1.08 bits per heavy atom. The zero-order chi connectivity index (χ0) is 17.7. The van der Waals surface area contributed by atoms with E-state index in [9.17, 15) is 13.2 Å². The number of halogens is 3. The van der Waals surface area contributed by atoms with Crippen LogP contribution >= 0.6 is 0 Å². The molecule has 0 spiro atoms. The van der Waals surface area contributed by atoms with Gasteiger partial charge in [-0.15, -0.1) is 0 Å². The molecular weight excluding hydrogens is 317 g/mol. The molecule has 0 radical (unpaired) electrons. The Morgan fingerprint density at radius 3 is 2.42 bits per heavy atom. The highest BCUT2D eigenvalue weighted by Gasteiger charge is 2.33. The lowest BCUT2D eigenvalue weighted by atomic mass is 10.1. The van der Waals surface area contributed by atoms with E-state index >= 15 is 0 Å². The van der Waals surface area contributed by atoms with E-state index in [4.69, 9.17) is 0 Å². The van der Waals surface area contributed by atoms with Gasteiger partial charge in [0, 0.05) is 12.6 Å². The van der Waals surface area contributed by atoms with Crippen molar-refractivity contribution in [2.24, 2.45) is 5.92 Å². The van der Waals surface area contributed by atoms with Crippen molar-refractivity contribution in [3.8, 4) is 0 Å². The third-order valence-corrected chi connectivity index (χ3v) is 3.36. The quantitative estimate of drug-likeness (QED) is 0.778. The molecule has 0 unspecified atom stereocenters. The Morgan fingerprint density at radius 2 is 1.75 bits per heavy atom. The molecule has 0 saturated heterocycles. The van der Waals surface area contributed by atoms with Crippen LogP contribution in [0.1, 0.15) is 31.7 Å². The standard InChI is InChI=1S/C17H21F3N4/c1-11(2)8-9-21-15-10-16(23-12(3)22-15)24-14-7-5-4-6-13(14)17(18,19)20/h4-7,10-11H,8-9H2,1-3H3,(H2,21,22,23,24). The number of benzene rings is 1. The second-order valence-corrected chi connectivity index (χ2v) is 5.96. The van der Waals surface area contributed by atoms with Gasteiger partial charge in [0.15, 0.2) is 0 Å².